The molecule has 1 saturated heterocycles. The Morgan fingerprint density at radius 3 is 2.92 bits per heavy atom. The predicted molar refractivity (Wildman–Crippen MR) is 50.0 cm³/mol. The predicted octanol–water partition coefficient (Wildman–Crippen LogP) is 2.13. The zero-order valence-corrected chi connectivity index (χ0v) is 8.21. The van der Waals surface area contributed by atoms with Crippen molar-refractivity contribution in [3.05, 3.63) is 0 Å². The maximum absolute atomic E-state index is 2.63. The molecule has 3 fully saturated rings. The SMILES string of the molecule is CN1CCC2C3CCC(C)(C3)C21. The van der Waals surface area contributed by atoms with Gasteiger partial charge in [-0.15, -0.1) is 0 Å². The molecular weight excluding hydrogens is 146 g/mol. The quantitative estimate of drug-likeness (QED) is 0.531. The molecule has 3 aliphatic rings. The van der Waals surface area contributed by atoms with Crippen LogP contribution in [0.25, 0.3) is 0 Å². The Bertz CT molecular complexity index is 213. The molecule has 1 heteroatoms. The maximum atomic E-state index is 2.63. The summed E-state index contributed by atoms with van der Waals surface area (Å²) in [5, 5.41) is 0. The second-order valence-corrected chi connectivity index (χ2v) is 5.53. The van der Waals surface area contributed by atoms with E-state index in [2.05, 4.69) is 18.9 Å². The topological polar surface area (TPSA) is 3.24 Å². The molecule has 1 heterocycles. The largest absolute Gasteiger partial charge is 0.303 e. The Kier molecular flexibility index (Phi) is 1.27. The summed E-state index contributed by atoms with van der Waals surface area (Å²) < 4.78 is 0. The Hall–Kier alpha value is -0.0400. The summed E-state index contributed by atoms with van der Waals surface area (Å²) in [5.74, 6) is 2.18. The molecule has 0 N–H and O–H groups in total. The highest BCUT2D eigenvalue weighted by Gasteiger charge is 2.58. The molecule has 4 atom stereocenters. The van der Waals surface area contributed by atoms with Crippen molar-refractivity contribution in [2.45, 2.75) is 38.6 Å². The average molecular weight is 165 g/mol. The molecule has 0 radical (unpaired) electrons. The van der Waals surface area contributed by atoms with Crippen molar-refractivity contribution in [3.8, 4) is 0 Å². The first-order valence-electron chi connectivity index (χ1n) is 5.41. The van der Waals surface area contributed by atoms with Gasteiger partial charge in [0.25, 0.3) is 0 Å². The molecular formula is C11H19N. The van der Waals surface area contributed by atoms with Gasteiger partial charge < -0.3 is 4.90 Å². The van der Waals surface area contributed by atoms with E-state index in [1.165, 1.54) is 32.2 Å². The Balaban J connectivity index is 1.98. The summed E-state index contributed by atoms with van der Waals surface area (Å²) >= 11 is 0. The minimum Gasteiger partial charge on any atom is -0.303 e. The molecule has 4 unspecified atom stereocenters. The van der Waals surface area contributed by atoms with E-state index in [4.69, 9.17) is 0 Å². The van der Waals surface area contributed by atoms with E-state index in [0.717, 1.165) is 17.9 Å². The lowest BCUT2D eigenvalue weighted by Gasteiger charge is -2.36. The maximum Gasteiger partial charge on any atom is 0.0177 e. The first-order chi connectivity index (χ1) is 5.71. The third kappa shape index (κ3) is 0.693. The standard InChI is InChI=1S/C11H19N/c1-11-5-3-8(7-11)9-4-6-12(2)10(9)11/h8-10H,3-7H2,1-2H3. The van der Waals surface area contributed by atoms with Crippen LogP contribution in [0.1, 0.15) is 32.6 Å². The molecule has 3 rings (SSSR count). The lowest BCUT2D eigenvalue weighted by atomic mass is 9.77. The van der Waals surface area contributed by atoms with Gasteiger partial charge in [0.15, 0.2) is 0 Å². The van der Waals surface area contributed by atoms with Crippen LogP contribution in [0.4, 0.5) is 0 Å². The van der Waals surface area contributed by atoms with Crippen LogP contribution in [0.5, 0.6) is 0 Å². The van der Waals surface area contributed by atoms with Gasteiger partial charge >= 0.3 is 0 Å². The van der Waals surface area contributed by atoms with Crippen LogP contribution in [0.15, 0.2) is 0 Å². The van der Waals surface area contributed by atoms with E-state index < -0.39 is 0 Å². The average Bonchev–Trinajstić information content (AvgIpc) is 2.61. The lowest BCUT2D eigenvalue weighted by molar-refractivity contribution is 0.128. The molecule has 0 amide bonds. The van der Waals surface area contributed by atoms with Gasteiger partial charge in [0.1, 0.15) is 0 Å². The number of likely N-dealkylation sites (tertiary alicyclic amines) is 1. The number of fused-ring (bicyclic) bond motifs is 5. The van der Waals surface area contributed by atoms with Gasteiger partial charge in [-0.2, -0.15) is 0 Å². The minimum absolute atomic E-state index is 0.709. The van der Waals surface area contributed by atoms with Crippen molar-refractivity contribution in [1.29, 1.82) is 0 Å². The van der Waals surface area contributed by atoms with Gasteiger partial charge in [-0.3, -0.25) is 0 Å². The monoisotopic (exact) mass is 165 g/mol. The number of hydrogen-bond donors (Lipinski definition) is 0. The number of rotatable bonds is 0. The van der Waals surface area contributed by atoms with Crippen molar-refractivity contribution in [3.63, 3.8) is 0 Å². The Morgan fingerprint density at radius 1 is 1.33 bits per heavy atom. The van der Waals surface area contributed by atoms with Gasteiger partial charge in [0.05, 0.1) is 0 Å². The molecule has 2 saturated carbocycles. The fraction of sp³-hybridized carbons (Fsp3) is 1.00. The van der Waals surface area contributed by atoms with Gasteiger partial charge in [-0.1, -0.05) is 6.92 Å². The third-order valence-electron chi connectivity index (χ3n) is 4.83. The molecule has 1 aliphatic heterocycles. The zero-order chi connectivity index (χ0) is 8.34. The summed E-state index contributed by atoms with van der Waals surface area (Å²) in [4.78, 5) is 2.63. The summed E-state index contributed by atoms with van der Waals surface area (Å²) in [6.45, 7) is 3.89. The molecule has 2 aliphatic carbocycles. The molecule has 0 spiro atoms. The van der Waals surface area contributed by atoms with E-state index in [1.807, 2.05) is 0 Å². The van der Waals surface area contributed by atoms with Crippen molar-refractivity contribution in [1.82, 2.24) is 4.90 Å². The van der Waals surface area contributed by atoms with Gasteiger partial charge in [-0.25, -0.2) is 0 Å². The van der Waals surface area contributed by atoms with Crippen molar-refractivity contribution >= 4 is 0 Å². The summed E-state index contributed by atoms with van der Waals surface area (Å²) in [7, 11) is 2.33. The second-order valence-electron chi connectivity index (χ2n) is 5.53. The summed E-state index contributed by atoms with van der Waals surface area (Å²) in [6.07, 6.45) is 6.06. The fourth-order valence-electron chi connectivity index (χ4n) is 4.47. The zero-order valence-electron chi connectivity index (χ0n) is 8.21. The van der Waals surface area contributed by atoms with Crippen LogP contribution in [0, 0.1) is 17.3 Å². The fourth-order valence-corrected chi connectivity index (χ4v) is 4.47. The van der Waals surface area contributed by atoms with Crippen LogP contribution in [-0.2, 0) is 0 Å². The highest BCUT2D eigenvalue weighted by molar-refractivity contribution is 5.10. The van der Waals surface area contributed by atoms with Crippen LogP contribution >= 0.6 is 0 Å². The Morgan fingerprint density at radius 2 is 2.17 bits per heavy atom. The van der Waals surface area contributed by atoms with E-state index >= 15 is 0 Å². The molecule has 2 bridgehead atoms. The molecule has 68 valence electrons. The third-order valence-corrected chi connectivity index (χ3v) is 4.83. The molecule has 0 aromatic carbocycles. The first kappa shape index (κ1) is 7.37. The molecule has 0 aromatic heterocycles. The highest BCUT2D eigenvalue weighted by Crippen LogP contribution is 2.61. The van der Waals surface area contributed by atoms with E-state index in [1.54, 1.807) is 0 Å². The summed E-state index contributed by atoms with van der Waals surface area (Å²) in [5.41, 5.74) is 0.709. The van der Waals surface area contributed by atoms with Crippen LogP contribution in [0.2, 0.25) is 0 Å². The van der Waals surface area contributed by atoms with E-state index in [0.29, 0.717) is 5.41 Å². The Labute approximate surface area is 75.1 Å². The van der Waals surface area contributed by atoms with Crippen molar-refractivity contribution in [2.75, 3.05) is 13.6 Å². The number of hydrogen-bond acceptors (Lipinski definition) is 1. The van der Waals surface area contributed by atoms with E-state index in [-0.39, 0.29) is 0 Å². The smallest absolute Gasteiger partial charge is 0.0177 e. The van der Waals surface area contributed by atoms with Crippen molar-refractivity contribution < 1.29 is 0 Å². The summed E-state index contributed by atoms with van der Waals surface area (Å²) in [6, 6.07) is 0.955. The molecule has 12 heavy (non-hydrogen) atoms. The normalized spacial score (nSPS) is 58.0. The van der Waals surface area contributed by atoms with Gasteiger partial charge in [-0.05, 0) is 56.5 Å². The van der Waals surface area contributed by atoms with E-state index in [9.17, 15) is 0 Å². The van der Waals surface area contributed by atoms with Crippen LogP contribution in [-0.4, -0.2) is 24.5 Å². The highest BCUT2D eigenvalue weighted by atomic mass is 15.2. The van der Waals surface area contributed by atoms with Gasteiger partial charge in [0, 0.05) is 6.04 Å². The number of nitrogens with zero attached hydrogens (tertiary/aromatic N) is 1. The lowest BCUT2D eigenvalue weighted by Crippen LogP contribution is -2.40. The molecule has 0 aromatic rings. The second kappa shape index (κ2) is 2.06. The first-order valence-corrected chi connectivity index (χ1v) is 5.41. The van der Waals surface area contributed by atoms with Crippen LogP contribution in [0.3, 0.4) is 0 Å². The van der Waals surface area contributed by atoms with Crippen LogP contribution < -0.4 is 0 Å². The van der Waals surface area contributed by atoms with Crippen molar-refractivity contribution in [2.24, 2.45) is 17.3 Å². The van der Waals surface area contributed by atoms with Gasteiger partial charge in [0.2, 0.25) is 0 Å². The molecule has 1 nitrogen and oxygen atoms in total. The minimum atomic E-state index is 0.709.